The Hall–Kier alpha value is -2.20. The summed E-state index contributed by atoms with van der Waals surface area (Å²) in [6, 6.07) is 14.5. The third-order valence-corrected chi connectivity index (χ3v) is 4.09. The second-order valence-electron chi connectivity index (χ2n) is 6.95. The van der Waals surface area contributed by atoms with Crippen molar-refractivity contribution in [3.8, 4) is 0 Å². The van der Waals surface area contributed by atoms with E-state index in [-0.39, 0.29) is 11.8 Å². The van der Waals surface area contributed by atoms with E-state index in [9.17, 15) is 4.79 Å². The lowest BCUT2D eigenvalue weighted by Gasteiger charge is -2.13. The molecule has 1 aromatic carbocycles. The number of benzene rings is 1. The van der Waals surface area contributed by atoms with Gasteiger partial charge in [0.15, 0.2) is 0 Å². The predicted octanol–water partition coefficient (Wildman–Crippen LogP) is 3.32. The number of nitrogens with zero attached hydrogens (tertiary/aromatic N) is 1. The second-order valence-corrected chi connectivity index (χ2v) is 6.95. The molecule has 4 heteroatoms. The molecule has 4 nitrogen and oxygen atoms in total. The molecule has 1 heterocycles. The highest BCUT2D eigenvalue weighted by Crippen LogP contribution is 2.09. The summed E-state index contributed by atoms with van der Waals surface area (Å²) in [5.41, 5.74) is 3.48. The van der Waals surface area contributed by atoms with Crippen LogP contribution in [0, 0.1) is 11.8 Å². The molecule has 0 spiro atoms. The molecule has 0 aliphatic carbocycles. The van der Waals surface area contributed by atoms with Gasteiger partial charge >= 0.3 is 0 Å². The van der Waals surface area contributed by atoms with Gasteiger partial charge in [0.2, 0.25) is 5.91 Å². The molecule has 0 fully saturated rings. The second kappa shape index (κ2) is 9.94. The van der Waals surface area contributed by atoms with Gasteiger partial charge in [0, 0.05) is 30.9 Å². The summed E-state index contributed by atoms with van der Waals surface area (Å²) in [5.74, 6) is 0.588. The van der Waals surface area contributed by atoms with Gasteiger partial charge in [0.25, 0.3) is 0 Å². The minimum absolute atomic E-state index is 0.0111. The number of carbonyl (C=O) groups is 1. The van der Waals surface area contributed by atoms with Crippen LogP contribution in [0.2, 0.25) is 0 Å². The van der Waals surface area contributed by atoms with Crippen LogP contribution in [0.5, 0.6) is 0 Å². The molecule has 2 aromatic rings. The van der Waals surface area contributed by atoms with Crippen LogP contribution in [0.4, 0.5) is 0 Å². The Morgan fingerprint density at radius 2 is 1.80 bits per heavy atom. The van der Waals surface area contributed by atoms with Gasteiger partial charge in [-0.3, -0.25) is 9.78 Å². The predicted molar refractivity (Wildman–Crippen MR) is 102 cm³/mol. The summed E-state index contributed by atoms with van der Waals surface area (Å²) < 4.78 is 0. The molecule has 1 atom stereocenters. The zero-order chi connectivity index (χ0) is 18.1. The summed E-state index contributed by atoms with van der Waals surface area (Å²) in [5, 5.41) is 6.46. The Morgan fingerprint density at radius 3 is 2.52 bits per heavy atom. The Bertz CT molecular complexity index is 655. The van der Waals surface area contributed by atoms with Crippen LogP contribution in [0.15, 0.2) is 48.7 Å². The summed E-state index contributed by atoms with van der Waals surface area (Å²) in [6.07, 6.45) is 2.75. The lowest BCUT2D eigenvalue weighted by atomic mass is 10.0. The van der Waals surface area contributed by atoms with E-state index < -0.39 is 0 Å². The molecule has 0 aliphatic heterocycles. The van der Waals surface area contributed by atoms with Crippen molar-refractivity contribution < 1.29 is 4.79 Å². The highest BCUT2D eigenvalue weighted by Gasteiger charge is 2.08. The molecule has 0 saturated carbocycles. The van der Waals surface area contributed by atoms with Gasteiger partial charge in [-0.15, -0.1) is 0 Å². The van der Waals surface area contributed by atoms with Crippen molar-refractivity contribution in [1.29, 1.82) is 0 Å². The topological polar surface area (TPSA) is 54.0 Å². The zero-order valence-electron chi connectivity index (χ0n) is 15.5. The maximum Gasteiger partial charge on any atom is 0.222 e. The third kappa shape index (κ3) is 7.06. The number of pyridine rings is 1. The molecular formula is C21H29N3O. The average Bonchev–Trinajstić information content (AvgIpc) is 2.60. The van der Waals surface area contributed by atoms with E-state index in [1.807, 2.05) is 32.2 Å². The molecule has 25 heavy (non-hydrogen) atoms. The minimum Gasteiger partial charge on any atom is -0.352 e. The summed E-state index contributed by atoms with van der Waals surface area (Å²) in [6.45, 7) is 8.43. The van der Waals surface area contributed by atoms with Crippen LogP contribution >= 0.6 is 0 Å². The van der Waals surface area contributed by atoms with E-state index in [1.165, 1.54) is 5.56 Å². The van der Waals surface area contributed by atoms with E-state index in [2.05, 4.69) is 52.9 Å². The SMILES string of the molecule is CC(CNCc1ccccc1)Cc1cc(CNC(=O)C(C)C)ccn1. The number of amides is 1. The maximum atomic E-state index is 11.7. The first kappa shape index (κ1) is 19.1. The number of nitrogens with one attached hydrogen (secondary N) is 2. The van der Waals surface area contributed by atoms with Crippen LogP contribution < -0.4 is 10.6 Å². The summed E-state index contributed by atoms with van der Waals surface area (Å²) in [7, 11) is 0. The Labute approximate surface area is 151 Å². The molecule has 0 saturated heterocycles. The molecular weight excluding hydrogens is 310 g/mol. The minimum atomic E-state index is 0.0111. The zero-order valence-corrected chi connectivity index (χ0v) is 15.5. The first-order valence-electron chi connectivity index (χ1n) is 9.00. The standard InChI is InChI=1S/C21H29N3O/c1-16(2)21(25)24-15-19-9-10-23-20(12-19)11-17(3)13-22-14-18-7-5-4-6-8-18/h4-10,12,16-17,22H,11,13-15H2,1-3H3,(H,24,25). The highest BCUT2D eigenvalue weighted by molar-refractivity contribution is 5.77. The summed E-state index contributed by atoms with van der Waals surface area (Å²) >= 11 is 0. The van der Waals surface area contributed by atoms with Crippen molar-refractivity contribution in [3.63, 3.8) is 0 Å². The Kier molecular flexibility index (Phi) is 7.61. The van der Waals surface area contributed by atoms with Gasteiger partial charge in [-0.05, 0) is 42.1 Å². The van der Waals surface area contributed by atoms with E-state index >= 15 is 0 Å². The molecule has 0 radical (unpaired) electrons. The molecule has 1 aromatic heterocycles. The number of hydrogen-bond acceptors (Lipinski definition) is 3. The highest BCUT2D eigenvalue weighted by atomic mass is 16.1. The normalized spacial score (nSPS) is 12.2. The smallest absolute Gasteiger partial charge is 0.222 e. The van der Waals surface area contributed by atoms with Crippen LogP contribution in [0.3, 0.4) is 0 Å². The molecule has 134 valence electrons. The van der Waals surface area contributed by atoms with Crippen LogP contribution in [-0.4, -0.2) is 17.4 Å². The maximum absolute atomic E-state index is 11.7. The quantitative estimate of drug-likeness (QED) is 0.737. The van der Waals surface area contributed by atoms with Crippen molar-refractivity contribution >= 4 is 5.91 Å². The van der Waals surface area contributed by atoms with Crippen molar-refractivity contribution in [2.45, 2.75) is 40.3 Å². The van der Waals surface area contributed by atoms with Crippen molar-refractivity contribution in [2.75, 3.05) is 6.54 Å². The third-order valence-electron chi connectivity index (χ3n) is 4.09. The van der Waals surface area contributed by atoms with Gasteiger partial charge < -0.3 is 10.6 Å². The first-order valence-corrected chi connectivity index (χ1v) is 9.00. The molecule has 1 amide bonds. The van der Waals surface area contributed by atoms with E-state index in [4.69, 9.17) is 0 Å². The lowest BCUT2D eigenvalue weighted by molar-refractivity contribution is -0.124. The van der Waals surface area contributed by atoms with Gasteiger partial charge in [0.05, 0.1) is 0 Å². The molecule has 0 bridgehead atoms. The molecule has 0 aliphatic rings. The molecule has 1 unspecified atom stereocenters. The fraction of sp³-hybridized carbons (Fsp3) is 0.429. The van der Waals surface area contributed by atoms with Crippen molar-refractivity contribution in [2.24, 2.45) is 11.8 Å². The lowest BCUT2D eigenvalue weighted by Crippen LogP contribution is -2.27. The van der Waals surface area contributed by atoms with Crippen molar-refractivity contribution in [1.82, 2.24) is 15.6 Å². The Morgan fingerprint density at radius 1 is 1.04 bits per heavy atom. The summed E-state index contributed by atoms with van der Waals surface area (Å²) in [4.78, 5) is 16.1. The molecule has 2 N–H and O–H groups in total. The van der Waals surface area contributed by atoms with E-state index in [1.54, 1.807) is 0 Å². The van der Waals surface area contributed by atoms with Crippen molar-refractivity contribution in [3.05, 3.63) is 65.5 Å². The number of rotatable bonds is 9. The molecule has 2 rings (SSSR count). The largest absolute Gasteiger partial charge is 0.352 e. The Balaban J connectivity index is 1.77. The number of aromatic nitrogens is 1. The fourth-order valence-corrected chi connectivity index (χ4v) is 2.63. The fourth-order valence-electron chi connectivity index (χ4n) is 2.63. The van der Waals surface area contributed by atoms with Gasteiger partial charge in [-0.2, -0.15) is 0 Å². The van der Waals surface area contributed by atoms with Crippen LogP contribution in [0.1, 0.15) is 37.6 Å². The monoisotopic (exact) mass is 339 g/mol. The van der Waals surface area contributed by atoms with Gasteiger partial charge in [-0.1, -0.05) is 51.1 Å². The average molecular weight is 339 g/mol. The van der Waals surface area contributed by atoms with Crippen LogP contribution in [-0.2, 0) is 24.3 Å². The number of carbonyl (C=O) groups excluding carboxylic acids is 1. The van der Waals surface area contributed by atoms with Gasteiger partial charge in [0.1, 0.15) is 0 Å². The van der Waals surface area contributed by atoms with Crippen LogP contribution in [0.25, 0.3) is 0 Å². The van der Waals surface area contributed by atoms with E-state index in [0.717, 1.165) is 30.8 Å². The first-order chi connectivity index (χ1) is 12.0. The van der Waals surface area contributed by atoms with Gasteiger partial charge in [-0.25, -0.2) is 0 Å². The van der Waals surface area contributed by atoms with E-state index in [0.29, 0.717) is 12.5 Å². The number of hydrogen-bond donors (Lipinski definition) is 2.